The number of nitrogen functional groups attached to an aromatic ring is 1. The highest BCUT2D eigenvalue weighted by Crippen LogP contribution is 2.24. The molecule has 0 bridgehead atoms. The third-order valence-electron chi connectivity index (χ3n) is 5.15. The lowest BCUT2D eigenvalue weighted by molar-refractivity contribution is 0.126. The van der Waals surface area contributed by atoms with Crippen molar-refractivity contribution in [3.05, 3.63) is 47.4 Å². The van der Waals surface area contributed by atoms with Crippen LogP contribution in [-0.4, -0.2) is 42.1 Å². The number of nitrogens with one attached hydrogen (secondary N) is 2. The molecule has 4 N–H and O–H groups in total. The summed E-state index contributed by atoms with van der Waals surface area (Å²) in [7, 11) is -3.91. The Bertz CT molecular complexity index is 1220. The molecule has 2 aromatic heterocycles. The zero-order chi connectivity index (χ0) is 24.0. The van der Waals surface area contributed by atoms with Crippen LogP contribution in [0.5, 0.6) is 0 Å². The van der Waals surface area contributed by atoms with E-state index in [0.29, 0.717) is 44.1 Å². The Labute approximate surface area is 193 Å². The van der Waals surface area contributed by atoms with Gasteiger partial charge in [-0.05, 0) is 51.3 Å². The molecule has 0 spiro atoms. The monoisotopic (exact) mass is 474 g/mol. The second kappa shape index (κ2) is 10.6. The van der Waals surface area contributed by atoms with Gasteiger partial charge >= 0.3 is 6.03 Å². The third kappa shape index (κ3) is 5.99. The first-order valence-corrected chi connectivity index (χ1v) is 12.3. The molecule has 0 atom stereocenters. The molecule has 0 aliphatic heterocycles. The van der Waals surface area contributed by atoms with Crippen molar-refractivity contribution in [2.24, 2.45) is 0 Å². The molecule has 0 aliphatic carbocycles. The molecule has 178 valence electrons. The van der Waals surface area contributed by atoms with Crippen molar-refractivity contribution in [3.63, 3.8) is 0 Å². The molecule has 0 saturated heterocycles. The Kier molecular flexibility index (Phi) is 7.88. The van der Waals surface area contributed by atoms with Crippen molar-refractivity contribution < 1.29 is 17.9 Å². The number of unbranched alkanes of at least 4 members (excludes halogenated alkanes) is 1. The van der Waals surface area contributed by atoms with Gasteiger partial charge in [0.2, 0.25) is 0 Å². The van der Waals surface area contributed by atoms with E-state index in [0.717, 1.165) is 28.9 Å². The molecular formula is C22H30N6O4S. The minimum Gasteiger partial charge on any atom is -0.382 e. The number of hydrogen-bond acceptors (Lipinski definition) is 7. The zero-order valence-corrected chi connectivity index (χ0v) is 19.9. The molecule has 33 heavy (non-hydrogen) atoms. The van der Waals surface area contributed by atoms with Gasteiger partial charge in [0.05, 0.1) is 10.4 Å². The van der Waals surface area contributed by atoms with Crippen LogP contribution >= 0.6 is 0 Å². The highest BCUT2D eigenvalue weighted by molar-refractivity contribution is 7.90. The van der Waals surface area contributed by atoms with E-state index in [2.05, 4.69) is 19.9 Å². The fourth-order valence-corrected chi connectivity index (χ4v) is 4.37. The molecule has 10 nitrogen and oxygen atoms in total. The van der Waals surface area contributed by atoms with Gasteiger partial charge in [-0.2, -0.15) is 0 Å². The Hall–Kier alpha value is -3.18. The van der Waals surface area contributed by atoms with Crippen LogP contribution in [0, 0.1) is 13.8 Å². The number of nitrogens with zero attached hydrogens (tertiary/aromatic N) is 3. The summed E-state index contributed by atoms with van der Waals surface area (Å²) >= 11 is 0. The van der Waals surface area contributed by atoms with Crippen LogP contribution in [0.1, 0.15) is 36.7 Å². The number of imidazole rings is 1. The van der Waals surface area contributed by atoms with Crippen LogP contribution in [0.25, 0.3) is 11.0 Å². The number of aromatic nitrogens is 3. The number of amides is 2. The number of fused-ring (bicyclic) bond motifs is 1. The van der Waals surface area contributed by atoms with Gasteiger partial charge in [-0.25, -0.2) is 27.9 Å². The van der Waals surface area contributed by atoms with E-state index >= 15 is 0 Å². The first kappa shape index (κ1) is 24.5. The van der Waals surface area contributed by atoms with Crippen molar-refractivity contribution >= 4 is 32.9 Å². The SMILES string of the molecule is CCOCc1nc2c(N)ncc(C)c2n1CCCCNC(=O)NS(=O)(=O)c1ccc(C)cc1. The van der Waals surface area contributed by atoms with E-state index in [1.807, 2.05) is 25.5 Å². The van der Waals surface area contributed by atoms with E-state index in [9.17, 15) is 13.2 Å². The lowest BCUT2D eigenvalue weighted by Gasteiger charge is -2.12. The number of benzene rings is 1. The Morgan fingerprint density at radius 3 is 2.61 bits per heavy atom. The third-order valence-corrected chi connectivity index (χ3v) is 6.49. The normalized spacial score (nSPS) is 11.6. The summed E-state index contributed by atoms with van der Waals surface area (Å²) in [5, 5.41) is 2.60. The van der Waals surface area contributed by atoms with Crippen molar-refractivity contribution in [1.82, 2.24) is 24.6 Å². The number of pyridine rings is 1. The Morgan fingerprint density at radius 2 is 1.91 bits per heavy atom. The van der Waals surface area contributed by atoms with Gasteiger partial charge in [0.15, 0.2) is 5.82 Å². The summed E-state index contributed by atoms with van der Waals surface area (Å²) in [6, 6.07) is 5.53. The first-order chi connectivity index (χ1) is 15.7. The van der Waals surface area contributed by atoms with Crippen LogP contribution < -0.4 is 15.8 Å². The van der Waals surface area contributed by atoms with Crippen molar-refractivity contribution in [3.8, 4) is 0 Å². The smallest absolute Gasteiger partial charge is 0.328 e. The molecule has 3 aromatic rings. The molecule has 0 saturated carbocycles. The van der Waals surface area contributed by atoms with Crippen molar-refractivity contribution in [1.29, 1.82) is 0 Å². The average Bonchev–Trinajstić information content (AvgIpc) is 3.14. The van der Waals surface area contributed by atoms with E-state index in [1.54, 1.807) is 18.3 Å². The second-order valence-corrected chi connectivity index (χ2v) is 9.40. The minimum absolute atomic E-state index is 0.0428. The molecule has 0 aliphatic rings. The number of carbonyl (C=O) groups is 1. The molecular weight excluding hydrogens is 444 g/mol. The molecule has 1 aromatic carbocycles. The number of carbonyl (C=O) groups excluding carboxylic acids is 1. The van der Waals surface area contributed by atoms with Gasteiger partial charge < -0.3 is 20.4 Å². The zero-order valence-electron chi connectivity index (χ0n) is 19.1. The van der Waals surface area contributed by atoms with Gasteiger partial charge in [0.25, 0.3) is 10.0 Å². The summed E-state index contributed by atoms with van der Waals surface area (Å²) < 4.78 is 34.2. The van der Waals surface area contributed by atoms with Crippen molar-refractivity contribution in [2.75, 3.05) is 18.9 Å². The molecule has 2 amide bonds. The number of anilines is 1. The maximum atomic E-state index is 12.3. The number of nitrogens with two attached hydrogens (primary N) is 1. The van der Waals surface area contributed by atoms with E-state index in [1.165, 1.54) is 12.1 Å². The van der Waals surface area contributed by atoms with E-state index in [4.69, 9.17) is 10.5 Å². The summed E-state index contributed by atoms with van der Waals surface area (Å²) in [5.41, 5.74) is 9.49. The highest BCUT2D eigenvalue weighted by atomic mass is 32.2. The second-order valence-electron chi connectivity index (χ2n) is 7.72. The largest absolute Gasteiger partial charge is 0.382 e. The maximum Gasteiger partial charge on any atom is 0.328 e. The van der Waals surface area contributed by atoms with E-state index < -0.39 is 16.1 Å². The van der Waals surface area contributed by atoms with Crippen LogP contribution in [0.4, 0.5) is 10.6 Å². The van der Waals surface area contributed by atoms with Gasteiger partial charge in [-0.15, -0.1) is 0 Å². The number of urea groups is 1. The number of sulfonamides is 1. The van der Waals surface area contributed by atoms with Crippen molar-refractivity contribution in [2.45, 2.75) is 51.7 Å². The first-order valence-electron chi connectivity index (χ1n) is 10.8. The lowest BCUT2D eigenvalue weighted by atomic mass is 10.2. The molecule has 0 fully saturated rings. The summed E-state index contributed by atoms with van der Waals surface area (Å²) in [6.07, 6.45) is 3.10. The fourth-order valence-electron chi connectivity index (χ4n) is 3.44. The number of hydrogen-bond donors (Lipinski definition) is 3. The Morgan fingerprint density at radius 1 is 1.18 bits per heavy atom. The number of rotatable bonds is 10. The van der Waals surface area contributed by atoms with Crippen LogP contribution in [0.3, 0.4) is 0 Å². The minimum atomic E-state index is -3.91. The van der Waals surface area contributed by atoms with Crippen LogP contribution in [0.15, 0.2) is 35.4 Å². The van der Waals surface area contributed by atoms with Gasteiger partial charge in [-0.1, -0.05) is 17.7 Å². The summed E-state index contributed by atoms with van der Waals surface area (Å²) in [4.78, 5) is 20.9. The molecule has 2 heterocycles. The molecule has 3 rings (SSSR count). The van der Waals surface area contributed by atoms with E-state index in [-0.39, 0.29) is 4.90 Å². The quantitative estimate of drug-likeness (QED) is 0.384. The van der Waals surface area contributed by atoms with Gasteiger partial charge in [0, 0.05) is 25.9 Å². The summed E-state index contributed by atoms with van der Waals surface area (Å²) in [5.74, 6) is 1.14. The fraction of sp³-hybridized carbons (Fsp3) is 0.409. The molecule has 0 unspecified atom stereocenters. The maximum absolute atomic E-state index is 12.3. The highest BCUT2D eigenvalue weighted by Gasteiger charge is 2.18. The average molecular weight is 475 g/mol. The molecule has 0 radical (unpaired) electrons. The standard InChI is InChI=1S/C22H30N6O4S/c1-4-32-14-18-26-19-20(16(3)13-25-21(19)23)28(18)12-6-5-11-24-22(29)27-33(30,31)17-9-7-15(2)8-10-17/h7-10,13H,4-6,11-12,14H2,1-3H3,(H2,23,25)(H2,24,27,29). The summed E-state index contributed by atoms with van der Waals surface area (Å²) in [6.45, 7) is 7.64. The van der Waals surface area contributed by atoms with Gasteiger partial charge in [-0.3, -0.25) is 0 Å². The molecule has 11 heteroatoms. The van der Waals surface area contributed by atoms with Gasteiger partial charge in [0.1, 0.15) is 17.9 Å². The Balaban J connectivity index is 1.56. The lowest BCUT2D eigenvalue weighted by Crippen LogP contribution is -2.39. The number of ether oxygens (including phenoxy) is 1. The number of aryl methyl sites for hydroxylation is 3. The predicted molar refractivity (Wildman–Crippen MR) is 126 cm³/mol. The van der Waals surface area contributed by atoms with Crippen LogP contribution in [0.2, 0.25) is 0 Å². The van der Waals surface area contributed by atoms with Crippen LogP contribution in [-0.2, 0) is 27.9 Å². The topological polar surface area (TPSA) is 141 Å². The predicted octanol–water partition coefficient (Wildman–Crippen LogP) is 2.64.